The van der Waals surface area contributed by atoms with E-state index in [0.29, 0.717) is 29.0 Å². The van der Waals surface area contributed by atoms with Crippen LogP contribution in [0.15, 0.2) is 29.1 Å². The van der Waals surface area contributed by atoms with Gasteiger partial charge in [0.25, 0.3) is 11.5 Å². The smallest absolute Gasteiger partial charge is 0.262 e. The van der Waals surface area contributed by atoms with Gasteiger partial charge in [0.1, 0.15) is 0 Å². The summed E-state index contributed by atoms with van der Waals surface area (Å²) in [4.78, 5) is 34.1. The molecule has 5 rings (SSSR count). The van der Waals surface area contributed by atoms with Crippen LogP contribution in [0.1, 0.15) is 62.6 Å². The number of benzene rings is 1. The Bertz CT molecular complexity index is 1260. The molecule has 2 aliphatic rings. The highest BCUT2D eigenvalue weighted by molar-refractivity contribution is 6.01. The molecule has 0 bridgehead atoms. The highest BCUT2D eigenvalue weighted by Gasteiger charge is 2.29. The van der Waals surface area contributed by atoms with Gasteiger partial charge >= 0.3 is 0 Å². The Labute approximate surface area is 186 Å². The van der Waals surface area contributed by atoms with Gasteiger partial charge in [0, 0.05) is 23.4 Å². The summed E-state index contributed by atoms with van der Waals surface area (Å²) in [5.41, 5.74) is 3.33. The lowest BCUT2D eigenvalue weighted by molar-refractivity contribution is 0.0957. The van der Waals surface area contributed by atoms with Gasteiger partial charge in [-0.25, -0.2) is 4.98 Å². The Morgan fingerprint density at radius 1 is 1.25 bits per heavy atom. The third kappa shape index (κ3) is 3.58. The van der Waals surface area contributed by atoms with Gasteiger partial charge in [0.2, 0.25) is 5.95 Å². The third-order valence-electron chi connectivity index (χ3n) is 6.05. The Hall–Kier alpha value is -3.13. The predicted octanol–water partition coefficient (Wildman–Crippen LogP) is 3.59. The molecular formula is C24H29N5O3. The van der Waals surface area contributed by atoms with E-state index < -0.39 is 0 Å². The van der Waals surface area contributed by atoms with E-state index in [1.807, 2.05) is 52.0 Å². The number of ether oxygens (including phenoxy) is 1. The Morgan fingerprint density at radius 2 is 2.06 bits per heavy atom. The van der Waals surface area contributed by atoms with Crippen molar-refractivity contribution in [2.24, 2.45) is 0 Å². The zero-order valence-corrected chi connectivity index (χ0v) is 18.9. The van der Waals surface area contributed by atoms with Crippen molar-refractivity contribution in [2.45, 2.75) is 64.8 Å². The normalized spacial score (nSPS) is 20.6. The number of para-hydroxylation sites is 1. The first-order valence-corrected chi connectivity index (χ1v) is 11.2. The summed E-state index contributed by atoms with van der Waals surface area (Å²) in [7, 11) is 0. The number of anilines is 1. The molecule has 1 aromatic carbocycles. The summed E-state index contributed by atoms with van der Waals surface area (Å²) < 4.78 is 7.50. The number of hydrogen-bond donors (Lipinski definition) is 3. The average Bonchev–Trinajstić information content (AvgIpc) is 3.43. The van der Waals surface area contributed by atoms with E-state index >= 15 is 0 Å². The molecule has 0 unspecified atom stereocenters. The Balaban J connectivity index is 1.68. The van der Waals surface area contributed by atoms with E-state index in [1.54, 1.807) is 4.57 Å². The monoisotopic (exact) mass is 435 g/mol. The van der Waals surface area contributed by atoms with Crippen LogP contribution in [0.5, 0.6) is 0 Å². The quantitative estimate of drug-likeness (QED) is 0.581. The number of amides is 1. The van der Waals surface area contributed by atoms with Crippen molar-refractivity contribution in [3.05, 3.63) is 45.9 Å². The Morgan fingerprint density at radius 3 is 2.75 bits per heavy atom. The number of aromatic nitrogens is 3. The maximum Gasteiger partial charge on any atom is 0.262 e. The minimum Gasteiger partial charge on any atom is -0.376 e. The lowest BCUT2D eigenvalue weighted by Gasteiger charge is -2.25. The minimum absolute atomic E-state index is 0.0158. The van der Waals surface area contributed by atoms with Crippen LogP contribution in [0.4, 0.5) is 5.95 Å². The molecule has 4 heterocycles. The van der Waals surface area contributed by atoms with Crippen molar-refractivity contribution in [3.63, 3.8) is 0 Å². The number of fused-ring (bicyclic) bond motifs is 2. The highest BCUT2D eigenvalue weighted by atomic mass is 16.5. The van der Waals surface area contributed by atoms with E-state index in [1.165, 1.54) is 0 Å². The molecule has 1 fully saturated rings. The number of H-pyrrole nitrogens is 1. The number of rotatable bonds is 4. The van der Waals surface area contributed by atoms with Gasteiger partial charge in [0.05, 0.1) is 40.9 Å². The standard InChI is InChI=1S/C24H29N5O3/c1-13-19-17(21(30)25-13)11-18(26-19)15-8-5-9-16-20(15)27-23(28-24(2,3)4)29(22(16)31)12-14-7-6-10-32-14/h5,8-9,11,13-14,26H,6-7,10,12H2,1-4H3,(H,25,30)(H,27,28)/t13-,14-/m1/s1. The maximum absolute atomic E-state index is 13.6. The van der Waals surface area contributed by atoms with E-state index in [4.69, 9.17) is 9.72 Å². The largest absolute Gasteiger partial charge is 0.376 e. The first-order valence-electron chi connectivity index (χ1n) is 11.2. The molecule has 2 aromatic heterocycles. The van der Waals surface area contributed by atoms with Gasteiger partial charge in [-0.2, -0.15) is 0 Å². The molecule has 1 amide bonds. The molecule has 3 N–H and O–H groups in total. The van der Waals surface area contributed by atoms with E-state index in [2.05, 4.69) is 15.6 Å². The van der Waals surface area contributed by atoms with Crippen LogP contribution in [-0.2, 0) is 11.3 Å². The second-order valence-corrected chi connectivity index (χ2v) is 9.77. The maximum atomic E-state index is 13.6. The topological polar surface area (TPSA) is 101 Å². The summed E-state index contributed by atoms with van der Waals surface area (Å²) >= 11 is 0. The lowest BCUT2D eigenvalue weighted by Crippen LogP contribution is -2.35. The van der Waals surface area contributed by atoms with E-state index in [0.717, 1.165) is 36.4 Å². The molecule has 1 saturated heterocycles. The van der Waals surface area contributed by atoms with Gasteiger partial charge in [-0.05, 0) is 52.7 Å². The minimum atomic E-state index is -0.276. The van der Waals surface area contributed by atoms with E-state index in [-0.39, 0.29) is 29.2 Å². The fourth-order valence-corrected chi connectivity index (χ4v) is 4.55. The number of hydrogen-bond acceptors (Lipinski definition) is 5. The number of aromatic amines is 1. The molecule has 168 valence electrons. The van der Waals surface area contributed by atoms with Gasteiger partial charge < -0.3 is 20.4 Å². The van der Waals surface area contributed by atoms with Crippen molar-refractivity contribution in [1.29, 1.82) is 0 Å². The molecule has 3 aromatic rings. The van der Waals surface area contributed by atoms with Crippen molar-refractivity contribution in [3.8, 4) is 11.3 Å². The van der Waals surface area contributed by atoms with Gasteiger partial charge in [-0.1, -0.05) is 12.1 Å². The second kappa shape index (κ2) is 7.48. The zero-order valence-electron chi connectivity index (χ0n) is 18.9. The van der Waals surface area contributed by atoms with Crippen molar-refractivity contribution in [2.75, 3.05) is 11.9 Å². The summed E-state index contributed by atoms with van der Waals surface area (Å²) in [6, 6.07) is 7.38. The molecule has 0 radical (unpaired) electrons. The molecule has 2 aliphatic heterocycles. The molecule has 0 saturated carbocycles. The predicted molar refractivity (Wildman–Crippen MR) is 124 cm³/mol. The van der Waals surface area contributed by atoms with Crippen LogP contribution < -0.4 is 16.2 Å². The van der Waals surface area contributed by atoms with Crippen LogP contribution in [0, 0.1) is 0 Å². The average molecular weight is 436 g/mol. The third-order valence-corrected chi connectivity index (χ3v) is 6.05. The fraction of sp³-hybridized carbons (Fsp3) is 0.458. The van der Waals surface area contributed by atoms with Crippen LogP contribution in [0.2, 0.25) is 0 Å². The molecule has 8 nitrogen and oxygen atoms in total. The SMILES string of the molecule is C[C@H]1NC(=O)c2cc(-c3cccc4c(=O)n(C[C@H]5CCCO5)c(NC(C)(C)C)nc34)[nH]c21. The van der Waals surface area contributed by atoms with Crippen LogP contribution in [0.25, 0.3) is 22.2 Å². The number of nitrogens with one attached hydrogen (secondary N) is 3. The number of carbonyl (C=O) groups excluding carboxylic acids is 1. The Kier molecular flexibility index (Phi) is 4.85. The molecular weight excluding hydrogens is 406 g/mol. The molecule has 32 heavy (non-hydrogen) atoms. The van der Waals surface area contributed by atoms with Crippen LogP contribution in [-0.4, -0.2) is 38.7 Å². The summed E-state index contributed by atoms with van der Waals surface area (Å²) in [6.45, 7) is 9.28. The van der Waals surface area contributed by atoms with Crippen LogP contribution >= 0.6 is 0 Å². The number of nitrogens with zero attached hydrogens (tertiary/aromatic N) is 2. The molecule has 0 spiro atoms. The van der Waals surface area contributed by atoms with Gasteiger partial charge in [0.15, 0.2) is 0 Å². The van der Waals surface area contributed by atoms with Gasteiger partial charge in [-0.3, -0.25) is 14.2 Å². The summed E-state index contributed by atoms with van der Waals surface area (Å²) in [6.07, 6.45) is 1.96. The van der Waals surface area contributed by atoms with Crippen molar-refractivity contribution < 1.29 is 9.53 Å². The van der Waals surface area contributed by atoms with Crippen molar-refractivity contribution in [1.82, 2.24) is 19.9 Å². The fourth-order valence-electron chi connectivity index (χ4n) is 4.55. The summed E-state index contributed by atoms with van der Waals surface area (Å²) in [5, 5.41) is 6.86. The highest BCUT2D eigenvalue weighted by Crippen LogP contribution is 2.33. The summed E-state index contributed by atoms with van der Waals surface area (Å²) in [5.74, 6) is 0.445. The van der Waals surface area contributed by atoms with Crippen molar-refractivity contribution >= 4 is 22.8 Å². The lowest BCUT2D eigenvalue weighted by atomic mass is 10.1. The zero-order chi connectivity index (χ0) is 22.6. The van der Waals surface area contributed by atoms with Crippen LogP contribution in [0.3, 0.4) is 0 Å². The molecule has 2 atom stereocenters. The molecule has 8 heteroatoms. The first-order chi connectivity index (χ1) is 15.2. The molecule has 0 aliphatic carbocycles. The van der Waals surface area contributed by atoms with Gasteiger partial charge in [-0.15, -0.1) is 0 Å². The second-order valence-electron chi connectivity index (χ2n) is 9.77. The van der Waals surface area contributed by atoms with E-state index in [9.17, 15) is 9.59 Å². The number of carbonyl (C=O) groups is 1. The first kappa shape index (κ1) is 20.8.